The van der Waals surface area contributed by atoms with Crippen LogP contribution < -0.4 is 15.0 Å². The van der Waals surface area contributed by atoms with Crippen molar-refractivity contribution in [1.29, 1.82) is 0 Å². The van der Waals surface area contributed by atoms with E-state index in [0.717, 1.165) is 46.5 Å². The highest BCUT2D eigenvalue weighted by Crippen LogP contribution is 2.40. The van der Waals surface area contributed by atoms with E-state index in [1.165, 1.54) is 6.92 Å². The number of hydrogen-bond acceptors (Lipinski definition) is 3. The summed E-state index contributed by atoms with van der Waals surface area (Å²) in [5, 5.41) is 2.81. The Hall–Kier alpha value is -2.82. The van der Waals surface area contributed by atoms with Crippen LogP contribution in [0.15, 0.2) is 36.4 Å². The molecule has 0 unspecified atom stereocenters. The molecular weight excluding hydrogens is 352 g/mol. The van der Waals surface area contributed by atoms with Crippen LogP contribution in [0, 0.1) is 13.8 Å². The van der Waals surface area contributed by atoms with Crippen molar-refractivity contribution in [2.24, 2.45) is 0 Å². The number of benzene rings is 2. The molecule has 0 aliphatic carbocycles. The van der Waals surface area contributed by atoms with Crippen molar-refractivity contribution in [3.8, 4) is 5.75 Å². The van der Waals surface area contributed by atoms with Crippen LogP contribution in [0.4, 0.5) is 5.69 Å². The van der Waals surface area contributed by atoms with E-state index in [9.17, 15) is 9.59 Å². The Morgan fingerprint density at radius 2 is 1.89 bits per heavy atom. The molecule has 3 rings (SSSR count). The lowest BCUT2D eigenvalue weighted by molar-refractivity contribution is -0.126. The minimum Gasteiger partial charge on any atom is -0.494 e. The lowest BCUT2D eigenvalue weighted by Crippen LogP contribution is -2.36. The van der Waals surface area contributed by atoms with E-state index < -0.39 is 6.04 Å². The third kappa shape index (κ3) is 4.19. The quantitative estimate of drug-likeness (QED) is 0.732. The summed E-state index contributed by atoms with van der Waals surface area (Å²) in [6, 6.07) is 11.3. The lowest BCUT2D eigenvalue weighted by atomic mass is 10.0. The summed E-state index contributed by atoms with van der Waals surface area (Å²) in [5.41, 5.74) is 4.91. The van der Waals surface area contributed by atoms with Gasteiger partial charge in [-0.25, -0.2) is 0 Å². The van der Waals surface area contributed by atoms with Gasteiger partial charge >= 0.3 is 0 Å². The molecule has 2 aromatic carbocycles. The van der Waals surface area contributed by atoms with Gasteiger partial charge in [0, 0.05) is 12.5 Å². The summed E-state index contributed by atoms with van der Waals surface area (Å²) in [6.07, 6.45) is 2.13. The number of amides is 2. The number of hydrogen-bond donors (Lipinski definition) is 1. The van der Waals surface area contributed by atoms with Crippen molar-refractivity contribution in [3.63, 3.8) is 0 Å². The SMILES string of the molecule is CCCCOc1ccc(CN2C(=O)[C@H](NC(C)=O)c3cc(C)cc(C)c32)cc1. The van der Waals surface area contributed by atoms with E-state index in [0.29, 0.717) is 13.2 Å². The predicted molar refractivity (Wildman–Crippen MR) is 111 cm³/mol. The first-order chi connectivity index (χ1) is 13.4. The van der Waals surface area contributed by atoms with Crippen molar-refractivity contribution in [1.82, 2.24) is 5.32 Å². The number of fused-ring (bicyclic) bond motifs is 1. The summed E-state index contributed by atoms with van der Waals surface area (Å²) in [7, 11) is 0. The number of anilines is 1. The van der Waals surface area contributed by atoms with E-state index in [-0.39, 0.29) is 11.8 Å². The van der Waals surface area contributed by atoms with Gasteiger partial charge < -0.3 is 15.0 Å². The average molecular weight is 380 g/mol. The van der Waals surface area contributed by atoms with Gasteiger partial charge in [0.15, 0.2) is 0 Å². The van der Waals surface area contributed by atoms with Gasteiger partial charge in [-0.15, -0.1) is 0 Å². The Morgan fingerprint density at radius 1 is 1.18 bits per heavy atom. The molecule has 0 spiro atoms. The third-order valence-electron chi connectivity index (χ3n) is 4.95. The molecular formula is C23H28N2O3. The summed E-state index contributed by atoms with van der Waals surface area (Å²) < 4.78 is 5.71. The van der Waals surface area contributed by atoms with Gasteiger partial charge in [-0.3, -0.25) is 9.59 Å². The molecule has 28 heavy (non-hydrogen) atoms. The van der Waals surface area contributed by atoms with Gasteiger partial charge in [0.1, 0.15) is 11.8 Å². The van der Waals surface area contributed by atoms with Crippen molar-refractivity contribution < 1.29 is 14.3 Å². The fourth-order valence-corrected chi connectivity index (χ4v) is 3.69. The number of carbonyl (C=O) groups excluding carboxylic acids is 2. The van der Waals surface area contributed by atoms with E-state index in [4.69, 9.17) is 4.74 Å². The Labute approximate surface area is 166 Å². The minimum atomic E-state index is -0.622. The third-order valence-corrected chi connectivity index (χ3v) is 4.95. The molecule has 1 aliphatic rings. The largest absolute Gasteiger partial charge is 0.494 e. The molecule has 1 atom stereocenters. The Balaban J connectivity index is 1.84. The molecule has 5 heteroatoms. The molecule has 1 N–H and O–H groups in total. The first-order valence-corrected chi connectivity index (χ1v) is 9.82. The second-order valence-electron chi connectivity index (χ2n) is 7.42. The molecule has 0 saturated heterocycles. The molecule has 0 saturated carbocycles. The molecule has 148 valence electrons. The number of nitrogens with zero attached hydrogens (tertiary/aromatic N) is 1. The smallest absolute Gasteiger partial charge is 0.254 e. The number of rotatable bonds is 7. The molecule has 0 fully saturated rings. The molecule has 5 nitrogen and oxygen atoms in total. The van der Waals surface area contributed by atoms with Crippen molar-refractivity contribution in [2.75, 3.05) is 11.5 Å². The van der Waals surface area contributed by atoms with Crippen LogP contribution in [0.3, 0.4) is 0 Å². The highest BCUT2D eigenvalue weighted by Gasteiger charge is 2.38. The maximum Gasteiger partial charge on any atom is 0.254 e. The molecule has 0 bridgehead atoms. The van der Waals surface area contributed by atoms with Crippen molar-refractivity contribution >= 4 is 17.5 Å². The van der Waals surface area contributed by atoms with E-state index in [2.05, 4.69) is 18.3 Å². The fourth-order valence-electron chi connectivity index (χ4n) is 3.69. The average Bonchev–Trinajstić information content (AvgIpc) is 2.89. The second-order valence-corrected chi connectivity index (χ2v) is 7.42. The highest BCUT2D eigenvalue weighted by molar-refractivity contribution is 6.06. The molecule has 1 heterocycles. The molecule has 0 aromatic heterocycles. The standard InChI is InChI=1S/C23H28N2O3/c1-5-6-11-28-19-9-7-18(8-10-19)14-25-22-16(3)12-15(2)13-20(22)21(23(25)27)24-17(4)26/h7-10,12-13,21H,5-6,11,14H2,1-4H3,(H,24,26)/t21-/m1/s1. The topological polar surface area (TPSA) is 58.6 Å². The number of ether oxygens (including phenoxy) is 1. The zero-order valence-corrected chi connectivity index (χ0v) is 17.0. The predicted octanol–water partition coefficient (Wildman–Crippen LogP) is 4.21. The number of carbonyl (C=O) groups is 2. The maximum absolute atomic E-state index is 13.1. The van der Waals surface area contributed by atoms with Gasteiger partial charge in [0.05, 0.1) is 18.8 Å². The summed E-state index contributed by atoms with van der Waals surface area (Å²) in [5.74, 6) is 0.536. The zero-order chi connectivity index (χ0) is 20.3. The van der Waals surface area contributed by atoms with Gasteiger partial charge in [-0.1, -0.05) is 43.2 Å². The van der Waals surface area contributed by atoms with Crippen LogP contribution in [-0.4, -0.2) is 18.4 Å². The van der Waals surface area contributed by atoms with Crippen LogP contribution in [-0.2, 0) is 16.1 Å². The molecule has 2 aromatic rings. The molecule has 1 aliphatic heterocycles. The zero-order valence-electron chi connectivity index (χ0n) is 17.0. The first kappa shape index (κ1) is 19.9. The van der Waals surface area contributed by atoms with Crippen LogP contribution in [0.1, 0.15) is 55.0 Å². The summed E-state index contributed by atoms with van der Waals surface area (Å²) in [4.78, 5) is 26.5. The maximum atomic E-state index is 13.1. The van der Waals surface area contributed by atoms with E-state index >= 15 is 0 Å². The molecule has 2 amide bonds. The van der Waals surface area contributed by atoms with Crippen molar-refractivity contribution in [2.45, 2.75) is 53.1 Å². The van der Waals surface area contributed by atoms with Crippen LogP contribution >= 0.6 is 0 Å². The Kier molecular flexibility index (Phi) is 6.02. The molecule has 0 radical (unpaired) electrons. The monoisotopic (exact) mass is 380 g/mol. The summed E-state index contributed by atoms with van der Waals surface area (Å²) >= 11 is 0. The number of aryl methyl sites for hydroxylation is 2. The van der Waals surface area contributed by atoms with Crippen LogP contribution in [0.5, 0.6) is 5.75 Å². The van der Waals surface area contributed by atoms with E-state index in [1.54, 1.807) is 4.90 Å². The number of nitrogens with one attached hydrogen (secondary N) is 1. The fraction of sp³-hybridized carbons (Fsp3) is 0.391. The van der Waals surface area contributed by atoms with Crippen LogP contribution in [0.2, 0.25) is 0 Å². The van der Waals surface area contributed by atoms with Gasteiger partial charge in [-0.05, 0) is 43.5 Å². The highest BCUT2D eigenvalue weighted by atomic mass is 16.5. The summed E-state index contributed by atoms with van der Waals surface area (Å²) in [6.45, 7) is 8.76. The Morgan fingerprint density at radius 3 is 2.54 bits per heavy atom. The van der Waals surface area contributed by atoms with Gasteiger partial charge in [0.25, 0.3) is 5.91 Å². The van der Waals surface area contributed by atoms with Crippen LogP contribution in [0.25, 0.3) is 0 Å². The van der Waals surface area contributed by atoms with Gasteiger partial charge in [0.2, 0.25) is 5.91 Å². The van der Waals surface area contributed by atoms with E-state index in [1.807, 2.05) is 44.2 Å². The van der Waals surface area contributed by atoms with Crippen molar-refractivity contribution in [3.05, 3.63) is 58.7 Å². The normalized spacial score (nSPS) is 15.5. The van der Waals surface area contributed by atoms with Gasteiger partial charge in [-0.2, -0.15) is 0 Å². The first-order valence-electron chi connectivity index (χ1n) is 9.82. The second kappa shape index (κ2) is 8.46. The number of unbranched alkanes of at least 4 members (excludes halogenated alkanes) is 1. The minimum absolute atomic E-state index is 0.0952. The Bertz CT molecular complexity index is 874. The lowest BCUT2D eigenvalue weighted by Gasteiger charge is -2.20.